The van der Waals surface area contributed by atoms with Gasteiger partial charge in [0.15, 0.2) is 5.65 Å². The molecule has 1 amide bonds. The van der Waals surface area contributed by atoms with Crippen LogP contribution in [0, 0.1) is 11.8 Å². The number of amides is 1. The number of nitrogens with one attached hydrogen (secondary N) is 1. The molecule has 0 aliphatic heterocycles. The topological polar surface area (TPSA) is 59.8 Å². The highest BCUT2D eigenvalue weighted by molar-refractivity contribution is 6.30. The van der Waals surface area contributed by atoms with Gasteiger partial charge in [-0.1, -0.05) is 18.5 Å². The van der Waals surface area contributed by atoms with Crippen LogP contribution >= 0.6 is 11.6 Å². The zero-order valence-electron chi connectivity index (χ0n) is 16.2. The third-order valence-electron chi connectivity index (χ3n) is 6.07. The first-order valence-electron chi connectivity index (χ1n) is 9.85. The van der Waals surface area contributed by atoms with Crippen LogP contribution in [0.2, 0.25) is 5.02 Å². The Balaban J connectivity index is 1.39. The number of hydrogen-bond donors (Lipinski definition) is 1. The summed E-state index contributed by atoms with van der Waals surface area (Å²) in [7, 11) is 1.98. The molecule has 6 heteroatoms. The Kier molecular flexibility index (Phi) is 5.36. The standard InChI is InChI=1S/C22H25ClN4O/c1-14(22(28)26-18-9-7-17(23)8-10-18)15-3-5-16(6-4-15)19-11-12-24-21-20(19)25-13-27(21)2/h7-16H,3-6H2,1-2H3,(H,26,28)/t14?,15-,16+. The van der Waals surface area contributed by atoms with Gasteiger partial charge in [0.05, 0.1) is 6.33 Å². The number of imidazole rings is 1. The van der Waals surface area contributed by atoms with Gasteiger partial charge in [-0.05, 0) is 73.4 Å². The minimum atomic E-state index is -0.0102. The van der Waals surface area contributed by atoms with Crippen LogP contribution in [0.1, 0.15) is 44.1 Å². The van der Waals surface area contributed by atoms with Gasteiger partial charge in [-0.2, -0.15) is 0 Å². The van der Waals surface area contributed by atoms with Gasteiger partial charge in [0.25, 0.3) is 0 Å². The van der Waals surface area contributed by atoms with E-state index < -0.39 is 0 Å². The second kappa shape index (κ2) is 7.92. The van der Waals surface area contributed by atoms with Crippen LogP contribution in [0.5, 0.6) is 0 Å². The average molecular weight is 397 g/mol. The Morgan fingerprint density at radius 2 is 1.86 bits per heavy atom. The molecular formula is C22H25ClN4O. The lowest BCUT2D eigenvalue weighted by Gasteiger charge is -2.32. The summed E-state index contributed by atoms with van der Waals surface area (Å²) in [5, 5.41) is 3.69. The average Bonchev–Trinajstić information content (AvgIpc) is 3.10. The lowest BCUT2D eigenvalue weighted by Crippen LogP contribution is -2.29. The van der Waals surface area contributed by atoms with Crippen LogP contribution in [-0.4, -0.2) is 20.4 Å². The number of fused-ring (bicyclic) bond motifs is 1. The predicted octanol–water partition coefficient (Wildman–Crippen LogP) is 5.17. The Bertz CT molecular complexity index is 974. The molecule has 0 spiro atoms. The van der Waals surface area contributed by atoms with Crippen molar-refractivity contribution in [3.63, 3.8) is 0 Å². The Labute approximate surface area is 170 Å². The first kappa shape index (κ1) is 18.9. The van der Waals surface area contributed by atoms with Crippen molar-refractivity contribution in [2.45, 2.75) is 38.5 Å². The maximum atomic E-state index is 12.7. The summed E-state index contributed by atoms with van der Waals surface area (Å²) in [6.45, 7) is 2.04. The number of hydrogen-bond acceptors (Lipinski definition) is 3. The summed E-state index contributed by atoms with van der Waals surface area (Å²) in [6.07, 6.45) is 7.98. The fourth-order valence-electron chi connectivity index (χ4n) is 4.31. The van der Waals surface area contributed by atoms with E-state index in [0.29, 0.717) is 16.9 Å². The van der Waals surface area contributed by atoms with Crippen LogP contribution in [0.25, 0.3) is 11.2 Å². The first-order valence-corrected chi connectivity index (χ1v) is 10.2. The number of anilines is 1. The Hall–Kier alpha value is -2.40. The number of pyridine rings is 1. The van der Waals surface area contributed by atoms with Gasteiger partial charge in [0.1, 0.15) is 5.52 Å². The number of carbonyl (C=O) groups excluding carboxylic acids is 1. The summed E-state index contributed by atoms with van der Waals surface area (Å²) >= 11 is 5.91. The summed E-state index contributed by atoms with van der Waals surface area (Å²) in [6, 6.07) is 9.37. The molecule has 28 heavy (non-hydrogen) atoms. The molecule has 146 valence electrons. The molecule has 0 saturated heterocycles. The van der Waals surface area contributed by atoms with Gasteiger partial charge in [0, 0.05) is 29.9 Å². The number of halogens is 1. The third kappa shape index (κ3) is 3.76. The van der Waals surface area contributed by atoms with E-state index in [4.69, 9.17) is 11.6 Å². The van der Waals surface area contributed by atoms with Gasteiger partial charge in [0.2, 0.25) is 5.91 Å². The molecule has 3 aromatic rings. The SMILES string of the molecule is CC(C(=O)Nc1ccc(Cl)cc1)[C@H]1CC[C@@H](c2ccnc3c2ncn3C)CC1. The molecule has 1 unspecified atom stereocenters. The molecule has 0 bridgehead atoms. The monoisotopic (exact) mass is 396 g/mol. The van der Waals surface area contributed by atoms with E-state index in [1.54, 1.807) is 12.1 Å². The van der Waals surface area contributed by atoms with E-state index in [9.17, 15) is 4.79 Å². The molecule has 0 radical (unpaired) electrons. The second-order valence-electron chi connectivity index (χ2n) is 7.82. The van der Waals surface area contributed by atoms with Crippen molar-refractivity contribution in [1.29, 1.82) is 0 Å². The number of benzene rings is 1. The van der Waals surface area contributed by atoms with Gasteiger partial charge in [-0.25, -0.2) is 9.97 Å². The number of carbonyl (C=O) groups is 1. The third-order valence-corrected chi connectivity index (χ3v) is 6.33. The fourth-order valence-corrected chi connectivity index (χ4v) is 4.44. The molecule has 1 atom stereocenters. The van der Waals surface area contributed by atoms with E-state index in [2.05, 4.69) is 21.4 Å². The second-order valence-corrected chi connectivity index (χ2v) is 8.26. The largest absolute Gasteiger partial charge is 0.326 e. The van der Waals surface area contributed by atoms with Gasteiger partial charge >= 0.3 is 0 Å². The maximum absolute atomic E-state index is 12.7. The van der Waals surface area contributed by atoms with Crippen LogP contribution in [0.4, 0.5) is 5.69 Å². The predicted molar refractivity (Wildman–Crippen MR) is 112 cm³/mol. The van der Waals surface area contributed by atoms with E-state index in [0.717, 1.165) is 42.5 Å². The van der Waals surface area contributed by atoms with Gasteiger partial charge in [-0.15, -0.1) is 0 Å². The normalized spacial score (nSPS) is 20.8. The number of rotatable bonds is 4. The molecule has 1 aromatic carbocycles. The van der Waals surface area contributed by atoms with Crippen molar-refractivity contribution in [2.75, 3.05) is 5.32 Å². The minimum absolute atomic E-state index is 0.0102. The van der Waals surface area contributed by atoms with Crippen molar-refractivity contribution in [1.82, 2.24) is 14.5 Å². The van der Waals surface area contributed by atoms with Crippen LogP contribution in [0.15, 0.2) is 42.9 Å². The van der Waals surface area contributed by atoms with Crippen LogP contribution < -0.4 is 5.32 Å². The Morgan fingerprint density at radius 3 is 2.57 bits per heavy atom. The van der Waals surface area contributed by atoms with Crippen molar-refractivity contribution < 1.29 is 4.79 Å². The summed E-state index contributed by atoms with van der Waals surface area (Å²) in [5.74, 6) is 0.971. The molecular weight excluding hydrogens is 372 g/mol. The molecule has 1 saturated carbocycles. The van der Waals surface area contributed by atoms with Crippen LogP contribution in [-0.2, 0) is 11.8 Å². The maximum Gasteiger partial charge on any atom is 0.227 e. The molecule has 2 heterocycles. The highest BCUT2D eigenvalue weighted by Crippen LogP contribution is 2.40. The van der Waals surface area contributed by atoms with Crippen molar-refractivity contribution >= 4 is 34.4 Å². The molecule has 1 aliphatic rings. The molecule has 5 nitrogen and oxygen atoms in total. The minimum Gasteiger partial charge on any atom is -0.326 e. The lowest BCUT2D eigenvalue weighted by molar-refractivity contribution is -0.121. The lowest BCUT2D eigenvalue weighted by atomic mass is 9.74. The van der Waals surface area contributed by atoms with Crippen molar-refractivity contribution in [3.05, 3.63) is 53.4 Å². The molecule has 2 aromatic heterocycles. The molecule has 1 fully saturated rings. The van der Waals surface area contributed by atoms with Crippen molar-refractivity contribution in [2.24, 2.45) is 18.9 Å². The number of aromatic nitrogens is 3. The zero-order chi connectivity index (χ0) is 19.7. The van der Waals surface area contributed by atoms with E-state index in [1.165, 1.54) is 5.56 Å². The van der Waals surface area contributed by atoms with E-state index in [-0.39, 0.29) is 11.8 Å². The quantitative estimate of drug-likeness (QED) is 0.661. The Morgan fingerprint density at radius 1 is 1.14 bits per heavy atom. The van der Waals surface area contributed by atoms with Gasteiger partial charge in [-0.3, -0.25) is 4.79 Å². The first-order chi connectivity index (χ1) is 13.5. The van der Waals surface area contributed by atoms with E-state index >= 15 is 0 Å². The van der Waals surface area contributed by atoms with Crippen molar-refractivity contribution in [3.8, 4) is 0 Å². The zero-order valence-corrected chi connectivity index (χ0v) is 17.0. The number of nitrogens with zero attached hydrogens (tertiary/aromatic N) is 3. The molecule has 1 aliphatic carbocycles. The molecule has 1 N–H and O–H groups in total. The molecule has 4 rings (SSSR count). The fraction of sp³-hybridized carbons (Fsp3) is 0.409. The summed E-state index contributed by atoms with van der Waals surface area (Å²) in [4.78, 5) is 21.7. The van der Waals surface area contributed by atoms with Crippen LogP contribution in [0.3, 0.4) is 0 Å². The van der Waals surface area contributed by atoms with Gasteiger partial charge < -0.3 is 9.88 Å². The highest BCUT2D eigenvalue weighted by Gasteiger charge is 2.30. The smallest absolute Gasteiger partial charge is 0.227 e. The summed E-state index contributed by atoms with van der Waals surface area (Å²) in [5.41, 5.74) is 4.05. The highest BCUT2D eigenvalue weighted by atomic mass is 35.5. The van der Waals surface area contributed by atoms with E-state index in [1.807, 2.05) is 43.2 Å². The number of aryl methyl sites for hydroxylation is 1. The summed E-state index contributed by atoms with van der Waals surface area (Å²) < 4.78 is 1.97.